The van der Waals surface area contributed by atoms with Crippen molar-refractivity contribution >= 4 is 16.8 Å². The molecule has 0 saturated carbocycles. The van der Waals surface area contributed by atoms with Crippen LogP contribution in [0, 0.1) is 0 Å². The number of methoxy groups -OCH3 is 1. The molecule has 0 spiro atoms. The molecule has 3 N–H and O–H groups in total. The molecule has 21 heavy (non-hydrogen) atoms. The van der Waals surface area contributed by atoms with Gasteiger partial charge < -0.3 is 20.4 Å². The van der Waals surface area contributed by atoms with E-state index < -0.39 is 0 Å². The Bertz CT molecular complexity index is 667. The number of aromatic nitrogens is 1. The van der Waals surface area contributed by atoms with Gasteiger partial charge in [-0.05, 0) is 6.07 Å². The lowest BCUT2D eigenvalue weighted by Gasteiger charge is -2.08. The molecule has 0 bridgehead atoms. The molecule has 0 fully saturated rings. The lowest BCUT2D eigenvalue weighted by molar-refractivity contribution is 0.0955. The van der Waals surface area contributed by atoms with Gasteiger partial charge in [0.15, 0.2) is 0 Å². The molecule has 0 unspecified atom stereocenters. The van der Waals surface area contributed by atoms with Gasteiger partial charge in [-0.15, -0.1) is 0 Å². The third-order valence-electron chi connectivity index (χ3n) is 3.07. The number of hydrogen-bond donors (Lipinski definition) is 3. The number of hydrogen-bond acceptors (Lipinski definition) is 4. The molecule has 2 aromatic rings. The van der Waals surface area contributed by atoms with Crippen molar-refractivity contribution in [3.63, 3.8) is 0 Å². The number of benzene rings is 1. The molecule has 1 amide bonds. The monoisotopic (exact) mass is 289 g/mol. The SMILES string of the molecule is COCCNCCNC(=O)c1cc(=O)[nH]c2ccccc12. The standard InChI is InChI=1S/C15H19N3O3/c1-21-9-8-16-6-7-17-15(20)12-10-14(19)18-13-5-3-2-4-11(12)13/h2-5,10,16H,6-9H2,1H3,(H,17,20)(H,18,19). The minimum Gasteiger partial charge on any atom is -0.383 e. The number of para-hydroxylation sites is 1. The number of carbonyl (C=O) groups excluding carboxylic acids is 1. The Morgan fingerprint density at radius 3 is 2.86 bits per heavy atom. The van der Waals surface area contributed by atoms with E-state index in [-0.39, 0.29) is 11.5 Å². The zero-order chi connectivity index (χ0) is 15.1. The van der Waals surface area contributed by atoms with Gasteiger partial charge in [0.2, 0.25) is 5.56 Å². The van der Waals surface area contributed by atoms with Gasteiger partial charge in [-0.3, -0.25) is 9.59 Å². The van der Waals surface area contributed by atoms with E-state index in [1.54, 1.807) is 13.2 Å². The predicted octanol–water partition coefficient (Wildman–Crippen LogP) is 0.494. The van der Waals surface area contributed by atoms with Gasteiger partial charge in [-0.2, -0.15) is 0 Å². The van der Waals surface area contributed by atoms with Crippen molar-refractivity contribution in [2.45, 2.75) is 0 Å². The summed E-state index contributed by atoms with van der Waals surface area (Å²) < 4.78 is 4.91. The summed E-state index contributed by atoms with van der Waals surface area (Å²) in [7, 11) is 1.64. The molecular weight excluding hydrogens is 270 g/mol. The summed E-state index contributed by atoms with van der Waals surface area (Å²) in [6.07, 6.45) is 0. The van der Waals surface area contributed by atoms with Crippen LogP contribution in [0.2, 0.25) is 0 Å². The summed E-state index contributed by atoms with van der Waals surface area (Å²) >= 11 is 0. The van der Waals surface area contributed by atoms with Crippen LogP contribution in [0.25, 0.3) is 10.9 Å². The number of H-pyrrole nitrogens is 1. The fraction of sp³-hybridized carbons (Fsp3) is 0.333. The number of rotatable bonds is 7. The van der Waals surface area contributed by atoms with Gasteiger partial charge in [0.05, 0.1) is 12.2 Å². The van der Waals surface area contributed by atoms with Crippen LogP contribution in [0.15, 0.2) is 35.1 Å². The predicted molar refractivity (Wildman–Crippen MR) is 81.6 cm³/mol. The number of fused-ring (bicyclic) bond motifs is 1. The van der Waals surface area contributed by atoms with Crippen molar-refractivity contribution < 1.29 is 9.53 Å². The molecule has 1 aromatic heterocycles. The van der Waals surface area contributed by atoms with Crippen LogP contribution in [-0.4, -0.2) is 44.2 Å². The molecule has 0 aliphatic rings. The van der Waals surface area contributed by atoms with Crippen LogP contribution in [0.1, 0.15) is 10.4 Å². The molecule has 1 heterocycles. The topological polar surface area (TPSA) is 83.2 Å². The third kappa shape index (κ3) is 4.14. The quantitative estimate of drug-likeness (QED) is 0.648. The second-order valence-corrected chi connectivity index (χ2v) is 4.59. The second kappa shape index (κ2) is 7.56. The van der Waals surface area contributed by atoms with E-state index in [0.29, 0.717) is 30.8 Å². The Labute approximate surface area is 122 Å². The Morgan fingerprint density at radius 1 is 1.24 bits per heavy atom. The largest absolute Gasteiger partial charge is 0.383 e. The number of ether oxygens (including phenoxy) is 1. The van der Waals surface area contributed by atoms with Crippen LogP contribution in [0.3, 0.4) is 0 Å². The summed E-state index contributed by atoms with van der Waals surface area (Å²) in [5, 5.41) is 6.67. The highest BCUT2D eigenvalue weighted by atomic mass is 16.5. The molecule has 2 rings (SSSR count). The van der Waals surface area contributed by atoms with E-state index in [2.05, 4.69) is 15.6 Å². The van der Waals surface area contributed by atoms with Crippen LogP contribution in [-0.2, 0) is 4.74 Å². The smallest absolute Gasteiger partial charge is 0.252 e. The van der Waals surface area contributed by atoms with E-state index in [9.17, 15) is 9.59 Å². The van der Waals surface area contributed by atoms with Crippen molar-refractivity contribution in [1.82, 2.24) is 15.6 Å². The average molecular weight is 289 g/mol. The first-order chi connectivity index (χ1) is 10.2. The first kappa shape index (κ1) is 15.2. The first-order valence-electron chi connectivity index (χ1n) is 6.82. The summed E-state index contributed by atoms with van der Waals surface area (Å²) in [4.78, 5) is 26.5. The Morgan fingerprint density at radius 2 is 2.05 bits per heavy atom. The van der Waals surface area contributed by atoms with Gasteiger partial charge in [0.25, 0.3) is 5.91 Å². The van der Waals surface area contributed by atoms with Crippen LogP contribution < -0.4 is 16.2 Å². The zero-order valence-electron chi connectivity index (χ0n) is 11.9. The van der Waals surface area contributed by atoms with Gasteiger partial charge in [0, 0.05) is 43.7 Å². The highest BCUT2D eigenvalue weighted by Gasteiger charge is 2.10. The fourth-order valence-corrected chi connectivity index (χ4v) is 2.05. The van der Waals surface area contributed by atoms with E-state index >= 15 is 0 Å². The van der Waals surface area contributed by atoms with Gasteiger partial charge in [-0.25, -0.2) is 0 Å². The van der Waals surface area contributed by atoms with Crippen LogP contribution >= 0.6 is 0 Å². The highest BCUT2D eigenvalue weighted by Crippen LogP contribution is 2.14. The maximum Gasteiger partial charge on any atom is 0.252 e. The van der Waals surface area contributed by atoms with Crippen molar-refractivity contribution in [2.24, 2.45) is 0 Å². The van der Waals surface area contributed by atoms with E-state index in [1.807, 2.05) is 18.2 Å². The average Bonchev–Trinajstić information content (AvgIpc) is 2.49. The number of nitrogens with one attached hydrogen (secondary N) is 3. The molecule has 112 valence electrons. The van der Waals surface area contributed by atoms with Crippen molar-refractivity contribution in [1.29, 1.82) is 0 Å². The third-order valence-corrected chi connectivity index (χ3v) is 3.07. The summed E-state index contributed by atoms with van der Waals surface area (Å²) in [6, 6.07) is 8.58. The van der Waals surface area contributed by atoms with Gasteiger partial charge in [-0.1, -0.05) is 18.2 Å². The molecule has 6 nitrogen and oxygen atoms in total. The van der Waals surface area contributed by atoms with Gasteiger partial charge in [0.1, 0.15) is 0 Å². The minimum absolute atomic E-state index is 0.245. The Hall–Kier alpha value is -2.18. The normalized spacial score (nSPS) is 10.7. The summed E-state index contributed by atoms with van der Waals surface area (Å²) in [5.74, 6) is -0.245. The van der Waals surface area contributed by atoms with Crippen LogP contribution in [0.4, 0.5) is 0 Å². The Kier molecular flexibility index (Phi) is 5.48. The number of pyridine rings is 1. The van der Waals surface area contributed by atoms with E-state index in [0.717, 1.165) is 11.9 Å². The first-order valence-corrected chi connectivity index (χ1v) is 6.82. The van der Waals surface area contributed by atoms with E-state index in [4.69, 9.17) is 4.74 Å². The zero-order valence-corrected chi connectivity index (χ0v) is 11.9. The second-order valence-electron chi connectivity index (χ2n) is 4.59. The fourth-order valence-electron chi connectivity index (χ4n) is 2.05. The number of aromatic amines is 1. The van der Waals surface area contributed by atoms with Crippen molar-refractivity contribution in [3.05, 3.63) is 46.2 Å². The summed E-state index contributed by atoms with van der Waals surface area (Å²) in [5.41, 5.74) is 0.775. The maximum atomic E-state index is 12.2. The molecule has 0 saturated heterocycles. The molecular formula is C15H19N3O3. The van der Waals surface area contributed by atoms with Crippen molar-refractivity contribution in [2.75, 3.05) is 33.4 Å². The number of amides is 1. The molecule has 0 aliphatic heterocycles. The minimum atomic E-state index is -0.280. The van der Waals surface area contributed by atoms with Crippen LogP contribution in [0.5, 0.6) is 0 Å². The summed E-state index contributed by atoms with van der Waals surface area (Å²) in [6.45, 7) is 2.51. The van der Waals surface area contributed by atoms with Gasteiger partial charge >= 0.3 is 0 Å². The van der Waals surface area contributed by atoms with E-state index in [1.165, 1.54) is 6.07 Å². The molecule has 0 aliphatic carbocycles. The molecule has 0 atom stereocenters. The van der Waals surface area contributed by atoms with Crippen molar-refractivity contribution in [3.8, 4) is 0 Å². The highest BCUT2D eigenvalue weighted by molar-refractivity contribution is 6.05. The lowest BCUT2D eigenvalue weighted by Crippen LogP contribution is -2.33. The number of carbonyl (C=O) groups is 1. The Balaban J connectivity index is 2.01. The molecule has 6 heteroatoms. The lowest BCUT2D eigenvalue weighted by atomic mass is 10.1. The maximum absolute atomic E-state index is 12.2. The molecule has 0 radical (unpaired) electrons. The molecule has 1 aromatic carbocycles.